The third kappa shape index (κ3) is 8.12. The summed E-state index contributed by atoms with van der Waals surface area (Å²) in [5, 5.41) is 17.8. The van der Waals surface area contributed by atoms with Gasteiger partial charge in [0.25, 0.3) is 0 Å². The first-order chi connectivity index (χ1) is 16.2. The number of hydrogen-bond acceptors (Lipinski definition) is 6. The number of amides is 3. The molecule has 3 atom stereocenters. The highest BCUT2D eigenvalue weighted by atomic mass is 19.4. The summed E-state index contributed by atoms with van der Waals surface area (Å²) in [4.78, 5) is 26.4. The van der Waals surface area contributed by atoms with Gasteiger partial charge in [0, 0.05) is 25.3 Å². The van der Waals surface area contributed by atoms with Crippen LogP contribution in [-0.4, -0.2) is 86.2 Å². The molecule has 2 saturated heterocycles. The Balaban J connectivity index is 1.38. The molecule has 0 aromatic heterocycles. The molecule has 3 amide bonds. The number of carbonyl (C=O) groups is 2. The number of rotatable bonds is 8. The van der Waals surface area contributed by atoms with Gasteiger partial charge in [-0.25, -0.2) is 4.79 Å². The Hall–Kier alpha value is -2.41. The van der Waals surface area contributed by atoms with Crippen LogP contribution in [0.4, 0.5) is 23.7 Å². The van der Waals surface area contributed by atoms with E-state index in [4.69, 9.17) is 9.47 Å². The zero-order valence-electron chi connectivity index (χ0n) is 18.8. The SMILES string of the molecule is O=C(CN1CCOCC1)NCC[C@H]1CC[C@H](NC(=O)Nc2ccc(C(F)(F)F)cc2)[C@@H](CO)O1. The molecular weight excluding hydrogens is 457 g/mol. The molecule has 190 valence electrons. The number of nitrogens with one attached hydrogen (secondary N) is 3. The molecule has 0 saturated carbocycles. The molecule has 9 nitrogen and oxygen atoms in total. The number of hydrogen-bond donors (Lipinski definition) is 4. The van der Waals surface area contributed by atoms with Crippen molar-refractivity contribution in [3.8, 4) is 0 Å². The van der Waals surface area contributed by atoms with Crippen LogP contribution in [-0.2, 0) is 20.4 Å². The average Bonchev–Trinajstić information content (AvgIpc) is 2.80. The van der Waals surface area contributed by atoms with E-state index in [1.165, 1.54) is 12.1 Å². The molecule has 0 spiro atoms. The lowest BCUT2D eigenvalue weighted by Gasteiger charge is -2.36. The van der Waals surface area contributed by atoms with Crippen LogP contribution in [0.15, 0.2) is 24.3 Å². The number of alkyl halides is 3. The maximum atomic E-state index is 12.7. The lowest BCUT2D eigenvalue weighted by molar-refractivity contribution is -0.137. The van der Waals surface area contributed by atoms with Gasteiger partial charge in [-0.1, -0.05) is 0 Å². The second-order valence-corrected chi connectivity index (χ2v) is 8.36. The maximum absolute atomic E-state index is 12.7. The van der Waals surface area contributed by atoms with Crippen LogP contribution in [0.25, 0.3) is 0 Å². The zero-order valence-corrected chi connectivity index (χ0v) is 18.8. The first-order valence-corrected chi connectivity index (χ1v) is 11.3. The van der Waals surface area contributed by atoms with Crippen molar-refractivity contribution in [2.75, 3.05) is 51.3 Å². The van der Waals surface area contributed by atoms with E-state index in [-0.39, 0.29) is 24.3 Å². The summed E-state index contributed by atoms with van der Waals surface area (Å²) in [5.41, 5.74) is -0.587. The van der Waals surface area contributed by atoms with E-state index in [0.29, 0.717) is 45.6 Å². The van der Waals surface area contributed by atoms with Crippen molar-refractivity contribution in [3.63, 3.8) is 0 Å². The van der Waals surface area contributed by atoms with E-state index in [1.54, 1.807) is 0 Å². The monoisotopic (exact) mass is 488 g/mol. The Labute approximate surface area is 196 Å². The van der Waals surface area contributed by atoms with Gasteiger partial charge in [0.15, 0.2) is 0 Å². The molecular formula is C22H31F3N4O5. The molecule has 0 unspecified atom stereocenters. The number of anilines is 1. The highest BCUT2D eigenvalue weighted by Crippen LogP contribution is 2.29. The van der Waals surface area contributed by atoms with Crippen molar-refractivity contribution in [2.24, 2.45) is 0 Å². The fraction of sp³-hybridized carbons (Fsp3) is 0.636. The summed E-state index contributed by atoms with van der Waals surface area (Å²) in [5.74, 6) is -0.0594. The minimum absolute atomic E-state index is 0.0594. The van der Waals surface area contributed by atoms with Crippen LogP contribution < -0.4 is 16.0 Å². The number of nitrogens with zero attached hydrogens (tertiary/aromatic N) is 1. The molecule has 4 N–H and O–H groups in total. The van der Waals surface area contributed by atoms with Gasteiger partial charge in [-0.3, -0.25) is 9.69 Å². The van der Waals surface area contributed by atoms with Gasteiger partial charge in [-0.2, -0.15) is 13.2 Å². The third-order valence-corrected chi connectivity index (χ3v) is 5.84. The Bertz CT molecular complexity index is 803. The maximum Gasteiger partial charge on any atom is 0.416 e. The van der Waals surface area contributed by atoms with Crippen LogP contribution >= 0.6 is 0 Å². The molecule has 0 aliphatic carbocycles. The first-order valence-electron chi connectivity index (χ1n) is 11.3. The number of benzene rings is 1. The average molecular weight is 489 g/mol. The van der Waals surface area contributed by atoms with Crippen molar-refractivity contribution in [3.05, 3.63) is 29.8 Å². The Morgan fingerprint density at radius 1 is 1.12 bits per heavy atom. The van der Waals surface area contributed by atoms with Gasteiger partial charge in [0.2, 0.25) is 5.91 Å². The first kappa shape index (κ1) is 26.2. The van der Waals surface area contributed by atoms with Crippen LogP contribution in [0.1, 0.15) is 24.8 Å². The second-order valence-electron chi connectivity index (χ2n) is 8.36. The third-order valence-electron chi connectivity index (χ3n) is 5.84. The zero-order chi connectivity index (χ0) is 24.6. The molecule has 1 aromatic carbocycles. The van der Waals surface area contributed by atoms with Gasteiger partial charge in [-0.05, 0) is 43.5 Å². The smallest absolute Gasteiger partial charge is 0.394 e. The quantitative estimate of drug-likeness (QED) is 0.442. The molecule has 3 rings (SSSR count). The van der Waals surface area contributed by atoms with E-state index in [0.717, 1.165) is 25.2 Å². The van der Waals surface area contributed by atoms with Crippen LogP contribution in [0.2, 0.25) is 0 Å². The minimum Gasteiger partial charge on any atom is -0.394 e. The largest absolute Gasteiger partial charge is 0.416 e. The lowest BCUT2D eigenvalue weighted by Crippen LogP contribution is -2.52. The summed E-state index contributed by atoms with van der Waals surface area (Å²) >= 11 is 0. The Kier molecular flexibility index (Phi) is 9.51. The molecule has 2 aliphatic rings. The van der Waals surface area contributed by atoms with Gasteiger partial charge >= 0.3 is 12.2 Å². The van der Waals surface area contributed by atoms with Crippen molar-refractivity contribution >= 4 is 17.6 Å². The second kappa shape index (κ2) is 12.3. The van der Waals surface area contributed by atoms with E-state index in [1.807, 2.05) is 4.90 Å². The summed E-state index contributed by atoms with van der Waals surface area (Å²) in [7, 11) is 0. The molecule has 2 fully saturated rings. The highest BCUT2D eigenvalue weighted by Gasteiger charge is 2.32. The lowest BCUT2D eigenvalue weighted by atomic mass is 9.97. The number of halogens is 3. The Morgan fingerprint density at radius 2 is 1.82 bits per heavy atom. The van der Waals surface area contributed by atoms with Crippen molar-refractivity contribution in [1.82, 2.24) is 15.5 Å². The van der Waals surface area contributed by atoms with E-state index in [9.17, 15) is 27.9 Å². The molecule has 2 aliphatic heterocycles. The van der Waals surface area contributed by atoms with Gasteiger partial charge < -0.3 is 30.5 Å². The minimum atomic E-state index is -4.45. The van der Waals surface area contributed by atoms with E-state index < -0.39 is 29.9 Å². The number of ether oxygens (including phenoxy) is 2. The van der Waals surface area contributed by atoms with Gasteiger partial charge in [0.1, 0.15) is 6.10 Å². The molecule has 0 bridgehead atoms. The topological polar surface area (TPSA) is 112 Å². The van der Waals surface area contributed by atoms with E-state index >= 15 is 0 Å². The van der Waals surface area contributed by atoms with Gasteiger partial charge in [-0.15, -0.1) is 0 Å². The molecule has 2 heterocycles. The van der Waals surface area contributed by atoms with Crippen molar-refractivity contribution in [1.29, 1.82) is 0 Å². The van der Waals surface area contributed by atoms with Gasteiger partial charge in [0.05, 0.1) is 44.1 Å². The summed E-state index contributed by atoms with van der Waals surface area (Å²) in [6.45, 7) is 3.20. The summed E-state index contributed by atoms with van der Waals surface area (Å²) in [6, 6.07) is 3.08. The summed E-state index contributed by atoms with van der Waals surface area (Å²) in [6.07, 6.45) is -3.48. The molecule has 12 heteroatoms. The van der Waals surface area contributed by atoms with E-state index in [2.05, 4.69) is 16.0 Å². The number of aliphatic hydroxyl groups is 1. The molecule has 0 radical (unpaired) electrons. The number of carbonyl (C=O) groups excluding carboxylic acids is 2. The summed E-state index contributed by atoms with van der Waals surface area (Å²) < 4.78 is 49.1. The Morgan fingerprint density at radius 3 is 2.47 bits per heavy atom. The van der Waals surface area contributed by atoms with Crippen LogP contribution in [0.3, 0.4) is 0 Å². The normalized spacial score (nSPS) is 23.8. The fourth-order valence-corrected chi connectivity index (χ4v) is 3.98. The van der Waals surface area contributed by atoms with Crippen molar-refractivity contribution < 1.29 is 37.3 Å². The highest BCUT2D eigenvalue weighted by molar-refractivity contribution is 5.89. The predicted octanol–water partition coefficient (Wildman–Crippen LogP) is 1.57. The van der Waals surface area contributed by atoms with Crippen LogP contribution in [0.5, 0.6) is 0 Å². The standard InChI is InChI=1S/C22H31F3N4O5/c23-22(24,25)15-1-3-16(4-2-15)27-21(32)28-18-6-5-17(34-19(18)14-30)7-8-26-20(31)13-29-9-11-33-12-10-29/h1-4,17-19,30H,5-14H2,(H,26,31)(H2,27,28,32)/t17-,18+,19-/m1/s1. The molecule has 1 aromatic rings. The van der Waals surface area contributed by atoms with Crippen LogP contribution in [0, 0.1) is 0 Å². The fourth-order valence-electron chi connectivity index (χ4n) is 3.98. The number of morpholine rings is 1. The molecule has 34 heavy (non-hydrogen) atoms. The number of urea groups is 1. The van der Waals surface area contributed by atoms with Crippen molar-refractivity contribution in [2.45, 2.75) is 43.7 Å². The predicted molar refractivity (Wildman–Crippen MR) is 117 cm³/mol. The number of aliphatic hydroxyl groups excluding tert-OH is 1.